The van der Waals surface area contributed by atoms with Gasteiger partial charge in [0.05, 0.1) is 19.8 Å². The highest BCUT2D eigenvalue weighted by molar-refractivity contribution is 6.30. The van der Waals surface area contributed by atoms with E-state index in [9.17, 15) is 14.4 Å². The van der Waals surface area contributed by atoms with Crippen LogP contribution in [0.4, 0.5) is 0 Å². The zero-order valence-electron chi connectivity index (χ0n) is 19.9. The van der Waals surface area contributed by atoms with E-state index in [1.54, 1.807) is 25.1 Å². The van der Waals surface area contributed by atoms with Crippen molar-refractivity contribution in [3.05, 3.63) is 81.2 Å². The van der Waals surface area contributed by atoms with E-state index >= 15 is 0 Å². The van der Waals surface area contributed by atoms with Gasteiger partial charge in [-0.1, -0.05) is 29.8 Å². The summed E-state index contributed by atoms with van der Waals surface area (Å²) in [6.07, 6.45) is 0.905. The molecule has 2 atom stereocenters. The highest BCUT2D eigenvalue weighted by Crippen LogP contribution is 2.47. The minimum atomic E-state index is -0.655. The van der Waals surface area contributed by atoms with Crippen molar-refractivity contribution >= 4 is 29.3 Å². The van der Waals surface area contributed by atoms with Crippen LogP contribution in [0.3, 0.4) is 0 Å². The average Bonchev–Trinajstić information content (AvgIpc) is 2.83. The molecule has 35 heavy (non-hydrogen) atoms. The van der Waals surface area contributed by atoms with Gasteiger partial charge in [-0.2, -0.15) is 0 Å². The molecule has 1 N–H and O–H groups in total. The molecular formula is C27H26ClNO6. The molecule has 1 aliphatic heterocycles. The normalized spacial score (nSPS) is 19.6. The van der Waals surface area contributed by atoms with Crippen LogP contribution in [0.15, 0.2) is 65.0 Å². The minimum Gasteiger partial charge on any atom is -0.493 e. The Kier molecular flexibility index (Phi) is 6.98. The first kappa shape index (κ1) is 24.5. The lowest BCUT2D eigenvalue weighted by Crippen LogP contribution is -2.36. The Morgan fingerprint density at radius 2 is 1.69 bits per heavy atom. The molecule has 0 aromatic heterocycles. The number of carbonyl (C=O) groups is 3. The fourth-order valence-corrected chi connectivity index (χ4v) is 4.95. The molecule has 7 nitrogen and oxygen atoms in total. The number of esters is 2. The van der Waals surface area contributed by atoms with E-state index in [0.717, 1.165) is 11.3 Å². The number of ether oxygens (including phenoxy) is 3. The molecule has 182 valence electrons. The number of hydrogen-bond acceptors (Lipinski definition) is 7. The Morgan fingerprint density at radius 3 is 2.31 bits per heavy atom. The van der Waals surface area contributed by atoms with Gasteiger partial charge >= 0.3 is 11.9 Å². The van der Waals surface area contributed by atoms with Crippen molar-refractivity contribution in [2.75, 3.05) is 14.2 Å². The number of hydrogen-bond donors (Lipinski definition) is 1. The van der Waals surface area contributed by atoms with Gasteiger partial charge in [-0.15, -0.1) is 0 Å². The van der Waals surface area contributed by atoms with Crippen molar-refractivity contribution in [1.82, 2.24) is 5.32 Å². The molecule has 8 heteroatoms. The molecule has 2 aromatic rings. The molecule has 0 radical (unpaired) electrons. The minimum absolute atomic E-state index is 0.0139. The Morgan fingerprint density at radius 1 is 1.00 bits per heavy atom. The predicted octanol–water partition coefficient (Wildman–Crippen LogP) is 4.81. The van der Waals surface area contributed by atoms with Gasteiger partial charge in [0.25, 0.3) is 0 Å². The topological polar surface area (TPSA) is 90.9 Å². The summed E-state index contributed by atoms with van der Waals surface area (Å²) in [4.78, 5) is 37.9. The SMILES string of the molecule is COC(=O)C1=C(C)NC2=C(C(=O)C[C@H](c3ccc(Cl)cc3)C2)[C@H]1c1ccc(OC(C)=O)c(OC)c1. The first-order valence-corrected chi connectivity index (χ1v) is 11.6. The second-order valence-corrected chi connectivity index (χ2v) is 9.00. The van der Waals surface area contributed by atoms with E-state index in [1.807, 2.05) is 24.3 Å². The number of halogens is 1. The first-order chi connectivity index (χ1) is 16.7. The molecule has 0 saturated carbocycles. The number of ketones is 1. The number of allylic oxidation sites excluding steroid dienone is 3. The first-order valence-electron chi connectivity index (χ1n) is 11.2. The Hall–Kier alpha value is -3.58. The predicted molar refractivity (Wildman–Crippen MR) is 130 cm³/mol. The van der Waals surface area contributed by atoms with Crippen LogP contribution in [-0.4, -0.2) is 31.9 Å². The fourth-order valence-electron chi connectivity index (χ4n) is 4.83. The maximum Gasteiger partial charge on any atom is 0.336 e. The van der Waals surface area contributed by atoms with Gasteiger partial charge in [-0.25, -0.2) is 4.79 Å². The van der Waals surface area contributed by atoms with Crippen LogP contribution in [0, 0.1) is 0 Å². The van der Waals surface area contributed by atoms with Gasteiger partial charge in [0.15, 0.2) is 17.3 Å². The van der Waals surface area contributed by atoms with Crippen molar-refractivity contribution in [2.45, 2.75) is 38.5 Å². The molecule has 0 saturated heterocycles. The number of rotatable bonds is 5. The highest BCUT2D eigenvalue weighted by Gasteiger charge is 2.41. The molecule has 0 bridgehead atoms. The highest BCUT2D eigenvalue weighted by atomic mass is 35.5. The van der Waals surface area contributed by atoms with Crippen LogP contribution in [0.2, 0.25) is 5.02 Å². The molecule has 4 rings (SSSR count). The number of Topliss-reactive ketones (excluding diaryl/α,β-unsaturated/α-hetero) is 1. The van der Waals surface area contributed by atoms with Crippen LogP contribution >= 0.6 is 11.6 Å². The molecule has 1 aliphatic carbocycles. The standard InChI is InChI=1S/C27H26ClNO6/c1-14-24(27(32)34-4)25(17-7-10-22(35-15(2)30)23(13-17)33-3)26-20(29-14)11-18(12-21(26)31)16-5-8-19(28)9-6-16/h5-10,13,18,25,29H,11-12H2,1-4H3/t18-,25+/m1/s1. The third-order valence-corrected chi connectivity index (χ3v) is 6.60. The Labute approximate surface area is 208 Å². The largest absolute Gasteiger partial charge is 0.493 e. The smallest absolute Gasteiger partial charge is 0.336 e. The zero-order valence-corrected chi connectivity index (χ0v) is 20.7. The van der Waals surface area contributed by atoms with Gasteiger partial charge in [0.2, 0.25) is 0 Å². The van der Waals surface area contributed by atoms with Crippen LogP contribution in [0.5, 0.6) is 11.5 Å². The summed E-state index contributed by atoms with van der Waals surface area (Å²) in [6.45, 7) is 3.10. The number of benzene rings is 2. The maximum absolute atomic E-state index is 13.6. The van der Waals surface area contributed by atoms with Crippen molar-refractivity contribution in [3.63, 3.8) is 0 Å². The van der Waals surface area contributed by atoms with Crippen LogP contribution in [0.25, 0.3) is 0 Å². The number of nitrogens with one attached hydrogen (secondary N) is 1. The van der Waals surface area contributed by atoms with Gasteiger partial charge < -0.3 is 19.5 Å². The van der Waals surface area contributed by atoms with E-state index in [2.05, 4.69) is 5.32 Å². The third kappa shape index (κ3) is 4.82. The van der Waals surface area contributed by atoms with E-state index in [4.69, 9.17) is 25.8 Å². The van der Waals surface area contributed by atoms with E-state index < -0.39 is 17.9 Å². The maximum atomic E-state index is 13.6. The lowest BCUT2D eigenvalue weighted by molar-refractivity contribution is -0.136. The van der Waals surface area contributed by atoms with Gasteiger partial charge in [0.1, 0.15) is 0 Å². The number of dihydropyridines is 1. The quantitative estimate of drug-likeness (QED) is 0.470. The summed E-state index contributed by atoms with van der Waals surface area (Å²) in [5.41, 5.74) is 3.97. The molecule has 0 spiro atoms. The fraction of sp³-hybridized carbons (Fsp3) is 0.296. The van der Waals surface area contributed by atoms with Crippen molar-refractivity contribution in [3.8, 4) is 11.5 Å². The summed E-state index contributed by atoms with van der Waals surface area (Å²) < 4.78 is 15.7. The van der Waals surface area contributed by atoms with E-state index in [0.29, 0.717) is 46.0 Å². The lowest BCUT2D eigenvalue weighted by Gasteiger charge is -2.36. The third-order valence-electron chi connectivity index (χ3n) is 6.35. The van der Waals surface area contributed by atoms with E-state index in [1.165, 1.54) is 21.1 Å². The molecule has 2 aromatic carbocycles. The lowest BCUT2D eigenvalue weighted by atomic mass is 9.71. The zero-order chi connectivity index (χ0) is 25.3. The summed E-state index contributed by atoms with van der Waals surface area (Å²) in [7, 11) is 2.78. The summed E-state index contributed by atoms with van der Waals surface area (Å²) in [5, 5.41) is 3.94. The molecule has 2 aliphatic rings. The molecular weight excluding hydrogens is 470 g/mol. The van der Waals surface area contributed by atoms with Gasteiger partial charge in [0, 0.05) is 41.3 Å². The Bertz CT molecular complexity index is 1260. The second-order valence-electron chi connectivity index (χ2n) is 8.56. The van der Waals surface area contributed by atoms with E-state index in [-0.39, 0.29) is 17.5 Å². The molecule has 0 amide bonds. The van der Waals surface area contributed by atoms with Crippen LogP contribution in [0.1, 0.15) is 49.7 Å². The number of carbonyl (C=O) groups excluding carboxylic acids is 3. The molecule has 0 unspecified atom stereocenters. The van der Waals surface area contributed by atoms with Crippen LogP contribution in [-0.2, 0) is 19.1 Å². The van der Waals surface area contributed by atoms with Crippen molar-refractivity contribution in [2.24, 2.45) is 0 Å². The van der Waals surface area contributed by atoms with Crippen LogP contribution < -0.4 is 14.8 Å². The monoisotopic (exact) mass is 495 g/mol. The summed E-state index contributed by atoms with van der Waals surface area (Å²) in [6, 6.07) is 12.5. The molecule has 1 heterocycles. The van der Waals surface area contributed by atoms with Gasteiger partial charge in [-0.05, 0) is 54.7 Å². The second kappa shape index (κ2) is 9.96. The summed E-state index contributed by atoms with van der Waals surface area (Å²) >= 11 is 6.04. The Balaban J connectivity index is 1.81. The van der Waals surface area contributed by atoms with Gasteiger partial charge in [-0.3, -0.25) is 9.59 Å². The van der Waals surface area contributed by atoms with Crippen molar-refractivity contribution in [1.29, 1.82) is 0 Å². The number of methoxy groups -OCH3 is 2. The average molecular weight is 496 g/mol. The molecule has 0 fully saturated rings. The van der Waals surface area contributed by atoms with Crippen molar-refractivity contribution < 1.29 is 28.6 Å². The summed E-state index contributed by atoms with van der Waals surface area (Å²) in [5.74, 6) is -1.15.